The summed E-state index contributed by atoms with van der Waals surface area (Å²) in [6.07, 6.45) is 3.47. The molecule has 2 nitrogen and oxygen atoms in total. The molecule has 1 aliphatic rings. The topological polar surface area (TPSA) is 32.3 Å². The molecule has 0 fully saturated rings. The molecule has 0 bridgehead atoms. The average Bonchev–Trinajstić information content (AvgIpc) is 2.57. The van der Waals surface area contributed by atoms with E-state index in [9.17, 15) is 5.11 Å². The number of hydrogen-bond acceptors (Lipinski definition) is 2. The Kier molecular flexibility index (Phi) is 6.91. The maximum absolute atomic E-state index is 9.67. The van der Waals surface area contributed by atoms with Crippen LogP contribution in [0.5, 0.6) is 0 Å². The molecule has 0 saturated carbocycles. The van der Waals surface area contributed by atoms with Gasteiger partial charge in [-0.1, -0.05) is 54.1 Å². The first-order valence-corrected chi connectivity index (χ1v) is 8.31. The molecule has 0 radical (unpaired) electrons. The summed E-state index contributed by atoms with van der Waals surface area (Å²) >= 11 is 6.24. The van der Waals surface area contributed by atoms with Crippen molar-refractivity contribution in [1.29, 1.82) is 0 Å². The van der Waals surface area contributed by atoms with Crippen molar-refractivity contribution < 1.29 is 5.11 Å². The number of aliphatic hydroxyl groups is 1. The van der Waals surface area contributed by atoms with E-state index in [1.54, 1.807) is 0 Å². The average molecular weight is 352 g/mol. The van der Waals surface area contributed by atoms with Crippen molar-refractivity contribution in [2.75, 3.05) is 13.2 Å². The molecule has 0 amide bonds. The van der Waals surface area contributed by atoms with Crippen LogP contribution in [0.2, 0.25) is 5.02 Å². The molecule has 23 heavy (non-hydrogen) atoms. The van der Waals surface area contributed by atoms with Crippen LogP contribution in [0.3, 0.4) is 0 Å². The lowest BCUT2D eigenvalue weighted by Gasteiger charge is -2.27. The normalized spacial score (nSPS) is 17.9. The van der Waals surface area contributed by atoms with Crippen LogP contribution in [0.15, 0.2) is 48.5 Å². The summed E-state index contributed by atoms with van der Waals surface area (Å²) in [4.78, 5) is 0. The monoisotopic (exact) mass is 351 g/mol. The van der Waals surface area contributed by atoms with Crippen LogP contribution in [0.25, 0.3) is 0 Å². The molecule has 2 aromatic carbocycles. The molecule has 0 saturated heterocycles. The number of halogens is 2. The molecule has 0 aromatic heterocycles. The highest BCUT2D eigenvalue weighted by molar-refractivity contribution is 6.31. The SMILES string of the molecule is Cl.OCC(NCC1CCc2ccccc2C1)c1ccccc1Cl. The predicted octanol–water partition coefficient (Wildman–Crippen LogP) is 4.19. The van der Waals surface area contributed by atoms with Crippen LogP contribution in [-0.2, 0) is 12.8 Å². The predicted molar refractivity (Wildman–Crippen MR) is 98.5 cm³/mol. The number of aliphatic hydroxyl groups excluding tert-OH is 1. The number of hydrogen-bond donors (Lipinski definition) is 2. The minimum atomic E-state index is -0.0918. The van der Waals surface area contributed by atoms with Crippen LogP contribution >= 0.6 is 24.0 Å². The highest BCUT2D eigenvalue weighted by Crippen LogP contribution is 2.26. The summed E-state index contributed by atoms with van der Waals surface area (Å²) in [6.45, 7) is 0.970. The minimum absolute atomic E-state index is 0. The van der Waals surface area contributed by atoms with Gasteiger partial charge in [0.05, 0.1) is 12.6 Å². The third kappa shape index (κ3) is 4.48. The van der Waals surface area contributed by atoms with Crippen LogP contribution in [-0.4, -0.2) is 18.3 Å². The number of benzene rings is 2. The van der Waals surface area contributed by atoms with Crippen molar-refractivity contribution in [1.82, 2.24) is 5.32 Å². The smallest absolute Gasteiger partial charge is 0.0627 e. The Morgan fingerprint density at radius 1 is 1.09 bits per heavy atom. The second-order valence-electron chi connectivity index (χ2n) is 6.04. The van der Waals surface area contributed by atoms with Gasteiger partial charge in [0.1, 0.15) is 0 Å². The molecule has 1 aliphatic carbocycles. The lowest BCUT2D eigenvalue weighted by molar-refractivity contribution is 0.236. The number of rotatable bonds is 5. The van der Waals surface area contributed by atoms with Crippen molar-refractivity contribution >= 4 is 24.0 Å². The van der Waals surface area contributed by atoms with E-state index in [1.807, 2.05) is 24.3 Å². The fourth-order valence-corrected chi connectivity index (χ4v) is 3.55. The minimum Gasteiger partial charge on any atom is -0.394 e. The third-order valence-corrected chi connectivity index (χ3v) is 4.91. The van der Waals surface area contributed by atoms with E-state index in [0.717, 1.165) is 24.9 Å². The first-order chi connectivity index (χ1) is 10.8. The summed E-state index contributed by atoms with van der Waals surface area (Å²) in [6, 6.07) is 16.3. The third-order valence-electron chi connectivity index (χ3n) is 4.57. The van der Waals surface area contributed by atoms with E-state index in [-0.39, 0.29) is 25.1 Å². The van der Waals surface area contributed by atoms with Crippen LogP contribution in [0.1, 0.15) is 29.2 Å². The highest BCUT2D eigenvalue weighted by atomic mass is 35.5. The van der Waals surface area contributed by atoms with Crippen molar-refractivity contribution in [3.63, 3.8) is 0 Å². The molecule has 2 N–H and O–H groups in total. The van der Waals surface area contributed by atoms with Crippen molar-refractivity contribution in [3.8, 4) is 0 Å². The Morgan fingerprint density at radius 3 is 2.52 bits per heavy atom. The largest absolute Gasteiger partial charge is 0.394 e. The molecule has 2 aromatic rings. The van der Waals surface area contributed by atoms with E-state index in [2.05, 4.69) is 29.6 Å². The van der Waals surface area contributed by atoms with Gasteiger partial charge in [-0.25, -0.2) is 0 Å². The molecule has 2 unspecified atom stereocenters. The Bertz CT molecular complexity index is 632. The van der Waals surface area contributed by atoms with E-state index in [1.165, 1.54) is 17.5 Å². The molecule has 0 heterocycles. The van der Waals surface area contributed by atoms with Gasteiger partial charge < -0.3 is 10.4 Å². The molecule has 124 valence electrons. The fraction of sp³-hybridized carbons (Fsp3) is 0.368. The lowest BCUT2D eigenvalue weighted by Crippen LogP contribution is -2.32. The van der Waals surface area contributed by atoms with Crippen molar-refractivity contribution in [2.45, 2.75) is 25.3 Å². The quantitative estimate of drug-likeness (QED) is 0.846. The number of aryl methyl sites for hydroxylation is 1. The molecule has 2 atom stereocenters. The molecule has 0 spiro atoms. The zero-order chi connectivity index (χ0) is 15.4. The van der Waals surface area contributed by atoms with Crippen LogP contribution in [0, 0.1) is 5.92 Å². The van der Waals surface area contributed by atoms with E-state index in [4.69, 9.17) is 11.6 Å². The van der Waals surface area contributed by atoms with Gasteiger partial charge in [0.25, 0.3) is 0 Å². The Labute approximate surface area is 149 Å². The Hall–Kier alpha value is -1.06. The number of fused-ring (bicyclic) bond motifs is 1. The standard InChI is InChI=1S/C19H22ClNO.ClH/c20-18-8-4-3-7-17(18)19(13-22)21-12-14-9-10-15-5-1-2-6-16(15)11-14;/h1-8,14,19,21-22H,9-13H2;1H. The van der Waals surface area contributed by atoms with Gasteiger partial charge >= 0.3 is 0 Å². The first kappa shape index (κ1) is 18.3. The molecular weight excluding hydrogens is 329 g/mol. The van der Waals surface area contributed by atoms with Gasteiger partial charge in [0, 0.05) is 5.02 Å². The first-order valence-electron chi connectivity index (χ1n) is 7.93. The maximum atomic E-state index is 9.67. The van der Waals surface area contributed by atoms with E-state index >= 15 is 0 Å². The zero-order valence-electron chi connectivity index (χ0n) is 13.0. The molecule has 3 rings (SSSR count). The van der Waals surface area contributed by atoms with Crippen LogP contribution in [0.4, 0.5) is 0 Å². The van der Waals surface area contributed by atoms with Gasteiger partial charge in [-0.15, -0.1) is 12.4 Å². The van der Waals surface area contributed by atoms with E-state index in [0.29, 0.717) is 10.9 Å². The lowest BCUT2D eigenvalue weighted by atomic mass is 9.84. The van der Waals surface area contributed by atoms with Gasteiger partial charge in [0.15, 0.2) is 0 Å². The number of nitrogens with one attached hydrogen (secondary N) is 1. The van der Waals surface area contributed by atoms with Crippen molar-refractivity contribution in [3.05, 3.63) is 70.2 Å². The van der Waals surface area contributed by atoms with Gasteiger partial charge in [-0.05, 0) is 54.5 Å². The van der Waals surface area contributed by atoms with Gasteiger partial charge in [-0.3, -0.25) is 0 Å². The summed E-state index contributed by atoms with van der Waals surface area (Å²) in [5, 5.41) is 13.9. The second-order valence-corrected chi connectivity index (χ2v) is 6.45. The van der Waals surface area contributed by atoms with Gasteiger partial charge in [0.2, 0.25) is 0 Å². The van der Waals surface area contributed by atoms with Crippen LogP contribution < -0.4 is 5.32 Å². The highest BCUT2D eigenvalue weighted by Gasteiger charge is 2.20. The zero-order valence-corrected chi connectivity index (χ0v) is 14.6. The maximum Gasteiger partial charge on any atom is 0.0627 e. The molecular formula is C19H23Cl2NO. The summed E-state index contributed by atoms with van der Waals surface area (Å²) < 4.78 is 0. The Balaban J connectivity index is 0.00000192. The summed E-state index contributed by atoms with van der Waals surface area (Å²) in [5.74, 6) is 0.617. The van der Waals surface area contributed by atoms with Gasteiger partial charge in [-0.2, -0.15) is 0 Å². The molecule has 0 aliphatic heterocycles. The molecule has 4 heteroatoms. The fourth-order valence-electron chi connectivity index (χ4n) is 3.29. The van der Waals surface area contributed by atoms with E-state index < -0.39 is 0 Å². The second kappa shape index (κ2) is 8.70. The summed E-state index contributed by atoms with van der Waals surface area (Å²) in [5.41, 5.74) is 3.94. The van der Waals surface area contributed by atoms with Crippen molar-refractivity contribution in [2.24, 2.45) is 5.92 Å². The summed E-state index contributed by atoms with van der Waals surface area (Å²) in [7, 11) is 0. The Morgan fingerprint density at radius 2 is 1.78 bits per heavy atom.